The zero-order chi connectivity index (χ0) is 18.9. The van der Waals surface area contributed by atoms with Crippen LogP contribution in [0, 0.1) is 0 Å². The highest BCUT2D eigenvalue weighted by Gasteiger charge is 2.20. The number of benzene rings is 2. The molecule has 0 aromatic heterocycles. The third kappa shape index (κ3) is 6.03. The van der Waals surface area contributed by atoms with Crippen molar-refractivity contribution in [2.24, 2.45) is 0 Å². The Bertz CT molecular complexity index is 710. The van der Waals surface area contributed by atoms with Gasteiger partial charge in [0.1, 0.15) is 0 Å². The predicted octanol–water partition coefficient (Wildman–Crippen LogP) is 3.93. The summed E-state index contributed by atoms with van der Waals surface area (Å²) >= 11 is 0. The molecule has 0 aliphatic carbocycles. The number of esters is 1. The molecular formula is C22H27NO3. The molecule has 0 saturated carbocycles. The summed E-state index contributed by atoms with van der Waals surface area (Å²) in [5.74, 6) is -0.753. The van der Waals surface area contributed by atoms with Crippen LogP contribution in [-0.4, -0.2) is 24.0 Å². The largest absolute Gasteiger partial charge is 0.449 e. The fourth-order valence-electron chi connectivity index (χ4n) is 2.62. The number of amides is 1. The van der Waals surface area contributed by atoms with Crippen LogP contribution < -0.4 is 5.32 Å². The first-order chi connectivity index (χ1) is 12.5. The lowest BCUT2D eigenvalue weighted by molar-refractivity contribution is -0.129. The monoisotopic (exact) mass is 353 g/mol. The summed E-state index contributed by atoms with van der Waals surface area (Å²) in [4.78, 5) is 24.4. The summed E-state index contributed by atoms with van der Waals surface area (Å²) in [5.41, 5.74) is 2.85. The molecule has 2 atom stereocenters. The maximum absolute atomic E-state index is 12.2. The third-order valence-electron chi connectivity index (χ3n) is 4.35. The van der Waals surface area contributed by atoms with E-state index in [1.54, 1.807) is 19.1 Å². The number of ether oxygens (including phenoxy) is 1. The lowest BCUT2D eigenvalue weighted by Gasteiger charge is -2.18. The van der Waals surface area contributed by atoms with Crippen LogP contribution in [0.1, 0.15) is 48.7 Å². The molecule has 1 amide bonds. The molecule has 26 heavy (non-hydrogen) atoms. The van der Waals surface area contributed by atoms with Crippen LogP contribution >= 0.6 is 0 Å². The predicted molar refractivity (Wildman–Crippen MR) is 103 cm³/mol. The summed E-state index contributed by atoms with van der Waals surface area (Å²) in [5, 5.41) is 2.91. The molecule has 0 spiro atoms. The number of rotatable bonds is 8. The Labute approximate surface area is 155 Å². The van der Waals surface area contributed by atoms with Crippen molar-refractivity contribution in [2.75, 3.05) is 0 Å². The smallest absolute Gasteiger partial charge is 0.338 e. The van der Waals surface area contributed by atoms with Crippen LogP contribution in [0.2, 0.25) is 0 Å². The first-order valence-corrected chi connectivity index (χ1v) is 9.13. The Morgan fingerprint density at radius 3 is 2.23 bits per heavy atom. The fourth-order valence-corrected chi connectivity index (χ4v) is 2.62. The second-order valence-electron chi connectivity index (χ2n) is 6.53. The highest BCUT2D eigenvalue weighted by atomic mass is 16.5. The van der Waals surface area contributed by atoms with E-state index < -0.39 is 12.1 Å². The zero-order valence-corrected chi connectivity index (χ0v) is 15.7. The lowest BCUT2D eigenvalue weighted by Crippen LogP contribution is -2.41. The first-order valence-electron chi connectivity index (χ1n) is 9.13. The topological polar surface area (TPSA) is 55.4 Å². The zero-order valence-electron chi connectivity index (χ0n) is 15.7. The normalized spacial score (nSPS) is 12.9. The minimum absolute atomic E-state index is 0.00713. The van der Waals surface area contributed by atoms with Crippen LogP contribution in [0.5, 0.6) is 0 Å². The van der Waals surface area contributed by atoms with Gasteiger partial charge >= 0.3 is 5.97 Å². The average molecular weight is 353 g/mol. The van der Waals surface area contributed by atoms with Crippen LogP contribution in [0.15, 0.2) is 54.6 Å². The van der Waals surface area contributed by atoms with Gasteiger partial charge in [-0.2, -0.15) is 0 Å². The summed E-state index contributed by atoms with van der Waals surface area (Å²) in [6, 6.07) is 17.4. The second-order valence-corrected chi connectivity index (χ2v) is 6.53. The molecule has 1 N–H and O–H groups in total. The van der Waals surface area contributed by atoms with Crippen molar-refractivity contribution in [3.8, 4) is 0 Å². The maximum atomic E-state index is 12.2. The molecule has 4 nitrogen and oxygen atoms in total. The minimum Gasteiger partial charge on any atom is -0.449 e. The van der Waals surface area contributed by atoms with Gasteiger partial charge in [-0.15, -0.1) is 0 Å². The lowest BCUT2D eigenvalue weighted by atomic mass is 10.1. The molecule has 0 bridgehead atoms. The van der Waals surface area contributed by atoms with E-state index in [0.29, 0.717) is 5.56 Å². The van der Waals surface area contributed by atoms with E-state index in [0.717, 1.165) is 24.8 Å². The third-order valence-corrected chi connectivity index (χ3v) is 4.35. The molecule has 0 radical (unpaired) electrons. The van der Waals surface area contributed by atoms with Gasteiger partial charge in [0.15, 0.2) is 6.10 Å². The molecule has 2 rings (SSSR count). The Morgan fingerprint density at radius 2 is 1.62 bits per heavy atom. The van der Waals surface area contributed by atoms with Crippen molar-refractivity contribution in [3.05, 3.63) is 71.3 Å². The van der Waals surface area contributed by atoms with Crippen molar-refractivity contribution >= 4 is 11.9 Å². The molecule has 0 unspecified atom stereocenters. The number of carbonyl (C=O) groups is 2. The highest BCUT2D eigenvalue weighted by Crippen LogP contribution is 2.09. The summed E-state index contributed by atoms with van der Waals surface area (Å²) in [6.07, 6.45) is 1.80. The van der Waals surface area contributed by atoms with Crippen LogP contribution in [-0.2, 0) is 22.4 Å². The van der Waals surface area contributed by atoms with Gasteiger partial charge in [0.2, 0.25) is 0 Å². The highest BCUT2D eigenvalue weighted by molar-refractivity contribution is 5.92. The van der Waals surface area contributed by atoms with Gasteiger partial charge < -0.3 is 10.1 Å². The summed E-state index contributed by atoms with van der Waals surface area (Å²) in [7, 11) is 0. The van der Waals surface area contributed by atoms with Crippen LogP contribution in [0.3, 0.4) is 0 Å². The first kappa shape index (κ1) is 19.7. The van der Waals surface area contributed by atoms with Crippen molar-refractivity contribution in [2.45, 2.75) is 52.2 Å². The molecule has 0 aliphatic rings. The molecular weight excluding hydrogens is 326 g/mol. The van der Waals surface area contributed by atoms with Crippen LogP contribution in [0.4, 0.5) is 0 Å². The van der Waals surface area contributed by atoms with Crippen molar-refractivity contribution in [1.29, 1.82) is 0 Å². The Kier molecular flexibility index (Phi) is 7.39. The van der Waals surface area contributed by atoms with E-state index in [4.69, 9.17) is 4.74 Å². The van der Waals surface area contributed by atoms with Gasteiger partial charge in [0.05, 0.1) is 5.56 Å². The van der Waals surface area contributed by atoms with Gasteiger partial charge in [-0.3, -0.25) is 4.79 Å². The van der Waals surface area contributed by atoms with Gasteiger partial charge in [-0.1, -0.05) is 49.4 Å². The minimum atomic E-state index is -0.826. The summed E-state index contributed by atoms with van der Waals surface area (Å²) in [6.45, 7) is 5.61. The van der Waals surface area contributed by atoms with E-state index in [-0.39, 0.29) is 11.9 Å². The van der Waals surface area contributed by atoms with E-state index >= 15 is 0 Å². The molecule has 0 saturated heterocycles. The number of aryl methyl sites for hydroxylation is 2. The second kappa shape index (κ2) is 9.76. The van der Waals surface area contributed by atoms with E-state index in [1.807, 2.05) is 37.3 Å². The van der Waals surface area contributed by atoms with Gasteiger partial charge in [-0.25, -0.2) is 4.79 Å². The van der Waals surface area contributed by atoms with Gasteiger partial charge in [0, 0.05) is 6.04 Å². The SMILES string of the molecule is CCc1ccc(C(=O)O[C@@H](C)C(=O)N[C@H](C)CCc2ccccc2)cc1. The van der Waals surface area contributed by atoms with E-state index in [9.17, 15) is 9.59 Å². The number of nitrogens with one attached hydrogen (secondary N) is 1. The Hall–Kier alpha value is -2.62. The Morgan fingerprint density at radius 1 is 0.962 bits per heavy atom. The quantitative estimate of drug-likeness (QED) is 0.732. The van der Waals surface area contributed by atoms with Gasteiger partial charge in [-0.05, 0) is 56.4 Å². The number of hydrogen-bond donors (Lipinski definition) is 1. The molecule has 2 aromatic carbocycles. The number of hydrogen-bond acceptors (Lipinski definition) is 3. The van der Waals surface area contributed by atoms with E-state index in [2.05, 4.69) is 24.4 Å². The molecule has 0 heterocycles. The van der Waals surface area contributed by atoms with Crippen molar-refractivity contribution < 1.29 is 14.3 Å². The Balaban J connectivity index is 1.79. The molecule has 2 aromatic rings. The fraction of sp³-hybridized carbons (Fsp3) is 0.364. The maximum Gasteiger partial charge on any atom is 0.338 e. The molecule has 138 valence electrons. The standard InChI is InChI=1S/C22H27NO3/c1-4-18-12-14-20(15-13-18)22(25)26-17(3)21(24)23-16(2)10-11-19-8-6-5-7-9-19/h5-9,12-17H,4,10-11H2,1-3H3,(H,23,24)/t16-,17+/m1/s1. The van der Waals surface area contributed by atoms with Crippen molar-refractivity contribution in [1.82, 2.24) is 5.32 Å². The van der Waals surface area contributed by atoms with Crippen molar-refractivity contribution in [3.63, 3.8) is 0 Å². The molecule has 0 fully saturated rings. The van der Waals surface area contributed by atoms with Crippen LogP contribution in [0.25, 0.3) is 0 Å². The van der Waals surface area contributed by atoms with Gasteiger partial charge in [0.25, 0.3) is 5.91 Å². The molecule has 4 heteroatoms. The summed E-state index contributed by atoms with van der Waals surface area (Å²) < 4.78 is 5.28. The van der Waals surface area contributed by atoms with E-state index in [1.165, 1.54) is 5.56 Å². The average Bonchev–Trinajstić information content (AvgIpc) is 2.67. The molecule has 0 aliphatic heterocycles. The number of carbonyl (C=O) groups excluding carboxylic acids is 2.